The van der Waals surface area contributed by atoms with Crippen molar-refractivity contribution < 1.29 is 24.2 Å². The van der Waals surface area contributed by atoms with Crippen LogP contribution in [0.5, 0.6) is 5.75 Å². The van der Waals surface area contributed by atoms with Gasteiger partial charge in [-0.25, -0.2) is 4.79 Å². The number of aromatic nitrogens is 1. The predicted molar refractivity (Wildman–Crippen MR) is 110 cm³/mol. The molecule has 1 aliphatic rings. The molecule has 29 heavy (non-hydrogen) atoms. The molecule has 2 amide bonds. The van der Waals surface area contributed by atoms with Gasteiger partial charge >= 0.3 is 6.09 Å². The zero-order valence-electron chi connectivity index (χ0n) is 15.7. The third kappa shape index (κ3) is 6.43. The van der Waals surface area contributed by atoms with E-state index in [4.69, 9.17) is 9.47 Å². The van der Waals surface area contributed by atoms with E-state index in [1.165, 1.54) is 0 Å². The lowest BCUT2D eigenvalue weighted by Crippen LogP contribution is -2.47. The Labute approximate surface area is 177 Å². The normalized spacial score (nSPS) is 15.4. The first-order chi connectivity index (χ1) is 14.0. The van der Waals surface area contributed by atoms with Crippen molar-refractivity contribution in [3.05, 3.63) is 53.3 Å². The van der Waals surface area contributed by atoms with Crippen LogP contribution in [0.15, 0.2) is 53.3 Å². The van der Waals surface area contributed by atoms with Crippen molar-refractivity contribution in [1.82, 2.24) is 9.88 Å². The lowest BCUT2D eigenvalue weighted by molar-refractivity contribution is -0.143. The number of amides is 2. The molecule has 2 heterocycles. The van der Waals surface area contributed by atoms with E-state index in [2.05, 4.69) is 26.2 Å². The summed E-state index contributed by atoms with van der Waals surface area (Å²) in [5.74, 6) is 0.189. The van der Waals surface area contributed by atoms with Crippen LogP contribution in [-0.4, -0.2) is 58.9 Å². The molecule has 0 spiro atoms. The van der Waals surface area contributed by atoms with E-state index in [9.17, 15) is 14.7 Å². The summed E-state index contributed by atoms with van der Waals surface area (Å²) in [6.45, 7) is 0.688. The zero-order chi connectivity index (χ0) is 20.6. The SMILES string of the molecule is O=C(Nc1ccncc1)OC1CCN(C(=O)[C@H](O)COc2ccc(Br)cc2)CC1. The van der Waals surface area contributed by atoms with Crippen molar-refractivity contribution in [2.75, 3.05) is 25.0 Å². The Morgan fingerprint density at radius 1 is 1.17 bits per heavy atom. The van der Waals surface area contributed by atoms with Gasteiger partial charge in [0.05, 0.1) is 0 Å². The summed E-state index contributed by atoms with van der Waals surface area (Å²) in [7, 11) is 0. The Balaban J connectivity index is 1.39. The minimum atomic E-state index is -1.24. The smallest absolute Gasteiger partial charge is 0.411 e. The van der Waals surface area contributed by atoms with Crippen LogP contribution in [0.25, 0.3) is 0 Å². The fourth-order valence-corrected chi connectivity index (χ4v) is 3.18. The zero-order valence-corrected chi connectivity index (χ0v) is 17.2. The highest BCUT2D eigenvalue weighted by molar-refractivity contribution is 9.10. The number of anilines is 1. The lowest BCUT2D eigenvalue weighted by Gasteiger charge is -2.32. The molecule has 0 aliphatic carbocycles. The molecular formula is C20H22BrN3O5. The number of benzene rings is 1. The summed E-state index contributed by atoms with van der Waals surface area (Å²) in [6, 6.07) is 10.5. The number of nitrogens with one attached hydrogen (secondary N) is 1. The van der Waals surface area contributed by atoms with Crippen LogP contribution in [0.1, 0.15) is 12.8 Å². The molecule has 1 aliphatic heterocycles. The fraction of sp³-hybridized carbons (Fsp3) is 0.350. The quantitative estimate of drug-likeness (QED) is 0.682. The molecule has 3 rings (SSSR count). The van der Waals surface area contributed by atoms with E-state index in [0.29, 0.717) is 37.4 Å². The topological polar surface area (TPSA) is 101 Å². The number of halogens is 1. The number of aliphatic hydroxyl groups is 1. The Bertz CT molecular complexity index is 811. The molecule has 0 bridgehead atoms. The summed E-state index contributed by atoms with van der Waals surface area (Å²) < 4.78 is 11.8. The lowest BCUT2D eigenvalue weighted by atomic mass is 10.1. The van der Waals surface area contributed by atoms with Gasteiger partial charge in [-0.2, -0.15) is 0 Å². The maximum atomic E-state index is 12.4. The van der Waals surface area contributed by atoms with Crippen molar-refractivity contribution in [2.45, 2.75) is 25.0 Å². The maximum absolute atomic E-state index is 12.4. The number of ether oxygens (including phenoxy) is 2. The molecule has 9 heteroatoms. The van der Waals surface area contributed by atoms with Gasteiger partial charge < -0.3 is 19.5 Å². The van der Waals surface area contributed by atoms with Crippen LogP contribution in [0.3, 0.4) is 0 Å². The molecule has 0 saturated carbocycles. The largest absolute Gasteiger partial charge is 0.490 e. The number of nitrogens with zero attached hydrogens (tertiary/aromatic N) is 2. The average Bonchev–Trinajstić information content (AvgIpc) is 2.74. The number of rotatable bonds is 6. The van der Waals surface area contributed by atoms with E-state index in [1.54, 1.807) is 41.6 Å². The molecule has 1 aromatic heterocycles. The van der Waals surface area contributed by atoms with E-state index in [1.807, 2.05) is 12.1 Å². The van der Waals surface area contributed by atoms with E-state index >= 15 is 0 Å². The summed E-state index contributed by atoms with van der Waals surface area (Å²) in [4.78, 5) is 29.8. The monoisotopic (exact) mass is 463 g/mol. The third-order valence-electron chi connectivity index (χ3n) is 4.46. The molecule has 1 atom stereocenters. The standard InChI is InChI=1S/C20H22BrN3O5/c21-14-1-3-16(4-2-14)28-13-18(25)19(26)24-11-7-17(8-12-24)29-20(27)23-15-5-9-22-10-6-15/h1-6,9-10,17-18,25H,7-8,11-13H2,(H,22,23,27)/t18-/m1/s1. The van der Waals surface area contributed by atoms with Crippen LogP contribution < -0.4 is 10.1 Å². The highest BCUT2D eigenvalue weighted by atomic mass is 79.9. The molecule has 2 aromatic rings. The van der Waals surface area contributed by atoms with Crippen molar-refractivity contribution in [3.8, 4) is 5.75 Å². The van der Waals surface area contributed by atoms with E-state index in [-0.39, 0.29) is 18.6 Å². The van der Waals surface area contributed by atoms with Crippen LogP contribution in [0.2, 0.25) is 0 Å². The van der Waals surface area contributed by atoms with Gasteiger partial charge in [0, 0.05) is 48.5 Å². The number of likely N-dealkylation sites (tertiary alicyclic amines) is 1. The number of pyridine rings is 1. The molecule has 1 aromatic carbocycles. The van der Waals surface area contributed by atoms with Gasteiger partial charge in [0.2, 0.25) is 0 Å². The van der Waals surface area contributed by atoms with Gasteiger partial charge in [-0.1, -0.05) is 15.9 Å². The number of carbonyl (C=O) groups excluding carboxylic acids is 2. The number of hydrogen-bond acceptors (Lipinski definition) is 6. The van der Waals surface area contributed by atoms with E-state index in [0.717, 1.165) is 4.47 Å². The summed E-state index contributed by atoms with van der Waals surface area (Å²) >= 11 is 3.33. The summed E-state index contributed by atoms with van der Waals surface area (Å²) in [6.07, 6.45) is 2.11. The van der Waals surface area contributed by atoms with E-state index < -0.39 is 12.2 Å². The summed E-state index contributed by atoms with van der Waals surface area (Å²) in [5.41, 5.74) is 0.603. The average molecular weight is 464 g/mol. The minimum absolute atomic E-state index is 0.120. The highest BCUT2D eigenvalue weighted by Gasteiger charge is 2.29. The molecule has 1 saturated heterocycles. The molecular weight excluding hydrogens is 442 g/mol. The number of hydrogen-bond donors (Lipinski definition) is 2. The number of aliphatic hydroxyl groups excluding tert-OH is 1. The van der Waals surface area contributed by atoms with Crippen molar-refractivity contribution in [3.63, 3.8) is 0 Å². The van der Waals surface area contributed by atoms with Gasteiger partial charge in [0.1, 0.15) is 18.5 Å². The second kappa shape index (κ2) is 10.2. The van der Waals surface area contributed by atoms with Gasteiger partial charge in [0.15, 0.2) is 6.10 Å². The number of carbonyl (C=O) groups is 2. The van der Waals surface area contributed by atoms with Crippen molar-refractivity contribution in [2.24, 2.45) is 0 Å². The third-order valence-corrected chi connectivity index (χ3v) is 4.99. The molecule has 0 unspecified atom stereocenters. The van der Waals surface area contributed by atoms with Crippen molar-refractivity contribution in [1.29, 1.82) is 0 Å². The van der Waals surface area contributed by atoms with Crippen molar-refractivity contribution >= 4 is 33.6 Å². The number of piperidine rings is 1. The molecule has 1 fully saturated rings. The molecule has 0 radical (unpaired) electrons. The molecule has 154 valence electrons. The minimum Gasteiger partial charge on any atom is -0.490 e. The predicted octanol–water partition coefficient (Wildman–Crippen LogP) is 2.82. The maximum Gasteiger partial charge on any atom is 0.411 e. The fourth-order valence-electron chi connectivity index (χ4n) is 2.92. The van der Waals surface area contributed by atoms with Gasteiger partial charge in [-0.15, -0.1) is 0 Å². The van der Waals surface area contributed by atoms with Gasteiger partial charge in [-0.05, 0) is 36.4 Å². The van der Waals surface area contributed by atoms with Crippen LogP contribution in [-0.2, 0) is 9.53 Å². The first kappa shape index (κ1) is 21.1. The Hall–Kier alpha value is -2.65. The molecule has 8 nitrogen and oxygen atoms in total. The van der Waals surface area contributed by atoms with Crippen LogP contribution in [0.4, 0.5) is 10.5 Å². The first-order valence-corrected chi connectivity index (χ1v) is 10.0. The van der Waals surface area contributed by atoms with Gasteiger partial charge in [0.25, 0.3) is 5.91 Å². The Morgan fingerprint density at radius 2 is 1.83 bits per heavy atom. The Morgan fingerprint density at radius 3 is 2.48 bits per heavy atom. The summed E-state index contributed by atoms with van der Waals surface area (Å²) in [5, 5.41) is 12.8. The van der Waals surface area contributed by atoms with Crippen LogP contribution >= 0.6 is 15.9 Å². The highest BCUT2D eigenvalue weighted by Crippen LogP contribution is 2.18. The second-order valence-electron chi connectivity index (χ2n) is 6.57. The second-order valence-corrected chi connectivity index (χ2v) is 7.49. The molecule has 2 N–H and O–H groups in total. The van der Waals surface area contributed by atoms with Gasteiger partial charge in [-0.3, -0.25) is 15.1 Å². The Kier molecular flexibility index (Phi) is 7.42. The van der Waals surface area contributed by atoms with Crippen LogP contribution in [0, 0.1) is 0 Å². The first-order valence-electron chi connectivity index (χ1n) is 9.24.